The Kier molecular flexibility index (Phi) is 7.03. The van der Waals surface area contributed by atoms with Crippen molar-refractivity contribution in [2.75, 3.05) is 6.54 Å². The van der Waals surface area contributed by atoms with Crippen LogP contribution in [-0.4, -0.2) is 24.6 Å². The molecule has 22 heavy (non-hydrogen) atoms. The van der Waals surface area contributed by atoms with Crippen LogP contribution < -0.4 is 15.4 Å². The average Bonchev–Trinajstić information content (AvgIpc) is 2.96. The van der Waals surface area contributed by atoms with Crippen LogP contribution in [0.1, 0.15) is 31.7 Å². The third-order valence-electron chi connectivity index (χ3n) is 3.88. The summed E-state index contributed by atoms with van der Waals surface area (Å²) in [4.78, 5) is 12.3. The van der Waals surface area contributed by atoms with Gasteiger partial charge in [0.15, 0.2) is 0 Å². The van der Waals surface area contributed by atoms with Crippen molar-refractivity contribution in [1.29, 1.82) is 0 Å². The fourth-order valence-corrected chi connectivity index (χ4v) is 2.60. The highest BCUT2D eigenvalue weighted by Gasteiger charge is 2.38. The maximum Gasteiger partial charge on any atom is 0.387 e. The largest absolute Gasteiger partial charge is 0.435 e. The van der Waals surface area contributed by atoms with E-state index in [9.17, 15) is 13.6 Å². The Hall–Kier alpha value is -1.40. The third kappa shape index (κ3) is 4.55. The second-order valence-electron chi connectivity index (χ2n) is 5.17. The SMILES string of the molecule is CCC1(C(=O)NCc2ccc(OC(F)F)cc2)CCCN1.Cl. The number of carbonyl (C=O) groups excluding carboxylic acids is 1. The minimum atomic E-state index is -2.83. The van der Waals surface area contributed by atoms with E-state index in [2.05, 4.69) is 15.4 Å². The fourth-order valence-electron chi connectivity index (χ4n) is 2.60. The number of nitrogens with one attached hydrogen (secondary N) is 2. The molecule has 1 unspecified atom stereocenters. The second-order valence-corrected chi connectivity index (χ2v) is 5.17. The van der Waals surface area contributed by atoms with Crippen LogP contribution in [0.5, 0.6) is 5.75 Å². The van der Waals surface area contributed by atoms with Crippen molar-refractivity contribution in [3.8, 4) is 5.75 Å². The van der Waals surface area contributed by atoms with E-state index in [4.69, 9.17) is 0 Å². The number of hydrogen-bond acceptors (Lipinski definition) is 3. The molecule has 124 valence electrons. The third-order valence-corrected chi connectivity index (χ3v) is 3.88. The summed E-state index contributed by atoms with van der Waals surface area (Å²) in [5, 5.41) is 6.17. The number of alkyl halides is 2. The van der Waals surface area contributed by atoms with Gasteiger partial charge in [-0.15, -0.1) is 12.4 Å². The molecule has 0 aliphatic carbocycles. The Morgan fingerprint density at radius 1 is 1.41 bits per heavy atom. The summed E-state index contributed by atoms with van der Waals surface area (Å²) >= 11 is 0. The number of carbonyl (C=O) groups is 1. The van der Waals surface area contributed by atoms with Crippen LogP contribution in [0.2, 0.25) is 0 Å². The predicted molar refractivity (Wildman–Crippen MR) is 82.4 cm³/mol. The number of halogens is 3. The minimum Gasteiger partial charge on any atom is -0.435 e. The van der Waals surface area contributed by atoms with Crippen molar-refractivity contribution in [1.82, 2.24) is 10.6 Å². The van der Waals surface area contributed by atoms with Crippen LogP contribution in [0.4, 0.5) is 8.78 Å². The molecule has 4 nitrogen and oxygen atoms in total. The minimum absolute atomic E-state index is 0. The van der Waals surface area contributed by atoms with Gasteiger partial charge < -0.3 is 15.4 Å². The summed E-state index contributed by atoms with van der Waals surface area (Å²) in [7, 11) is 0. The fraction of sp³-hybridized carbons (Fsp3) is 0.533. The molecule has 2 N–H and O–H groups in total. The molecule has 1 aliphatic rings. The summed E-state index contributed by atoms with van der Waals surface area (Å²) in [6.45, 7) is 0.403. The smallest absolute Gasteiger partial charge is 0.387 e. The highest BCUT2D eigenvalue weighted by atomic mass is 35.5. The molecule has 1 aromatic rings. The highest BCUT2D eigenvalue weighted by Crippen LogP contribution is 2.23. The van der Waals surface area contributed by atoms with Gasteiger partial charge in [0.25, 0.3) is 0 Å². The van der Waals surface area contributed by atoms with Gasteiger partial charge >= 0.3 is 6.61 Å². The number of rotatable bonds is 6. The van der Waals surface area contributed by atoms with Gasteiger partial charge in [-0.05, 0) is 43.5 Å². The van der Waals surface area contributed by atoms with Crippen LogP contribution in [0.25, 0.3) is 0 Å². The summed E-state index contributed by atoms with van der Waals surface area (Å²) in [6, 6.07) is 6.27. The molecule has 1 aliphatic heterocycles. The molecule has 0 aromatic heterocycles. The Balaban J connectivity index is 0.00000242. The van der Waals surface area contributed by atoms with Gasteiger partial charge in [-0.1, -0.05) is 19.1 Å². The van der Waals surface area contributed by atoms with Crippen LogP contribution in [-0.2, 0) is 11.3 Å². The second kappa shape index (κ2) is 8.29. The predicted octanol–water partition coefficient (Wildman–Crippen LogP) is 2.86. The maximum absolute atomic E-state index is 12.3. The van der Waals surface area contributed by atoms with E-state index < -0.39 is 12.2 Å². The van der Waals surface area contributed by atoms with Gasteiger partial charge in [0, 0.05) is 6.54 Å². The van der Waals surface area contributed by atoms with Gasteiger partial charge in [-0.2, -0.15) is 8.78 Å². The van der Waals surface area contributed by atoms with Crippen LogP contribution >= 0.6 is 12.4 Å². The Morgan fingerprint density at radius 2 is 2.09 bits per heavy atom. The monoisotopic (exact) mass is 334 g/mol. The number of benzene rings is 1. The lowest BCUT2D eigenvalue weighted by Crippen LogP contribution is -2.52. The standard InChI is InChI=1S/C15H20F2N2O2.ClH/c1-2-15(8-3-9-19-15)13(20)18-10-11-4-6-12(7-5-11)21-14(16)17;/h4-7,14,19H,2-3,8-10H2,1H3,(H,18,20);1H. The van der Waals surface area contributed by atoms with E-state index >= 15 is 0 Å². The molecular weight excluding hydrogens is 314 g/mol. The van der Waals surface area contributed by atoms with Gasteiger partial charge in [0.05, 0.1) is 5.54 Å². The molecule has 0 spiro atoms. The first kappa shape index (κ1) is 18.6. The van der Waals surface area contributed by atoms with Gasteiger partial charge in [-0.3, -0.25) is 4.79 Å². The Morgan fingerprint density at radius 3 is 2.59 bits per heavy atom. The normalized spacial score (nSPS) is 20.5. The molecule has 0 bridgehead atoms. The molecule has 1 saturated heterocycles. The Bertz CT molecular complexity index is 477. The molecule has 0 saturated carbocycles. The average molecular weight is 335 g/mol. The summed E-state index contributed by atoms with van der Waals surface area (Å²) in [5.74, 6) is 0.109. The first-order chi connectivity index (χ1) is 10.1. The molecule has 1 atom stereocenters. The molecule has 1 aromatic carbocycles. The van der Waals surface area contributed by atoms with E-state index in [0.29, 0.717) is 6.54 Å². The van der Waals surface area contributed by atoms with Gasteiger partial charge in [0.1, 0.15) is 5.75 Å². The van der Waals surface area contributed by atoms with Crippen LogP contribution in [0.3, 0.4) is 0 Å². The number of ether oxygens (including phenoxy) is 1. The first-order valence-corrected chi connectivity index (χ1v) is 7.13. The lowest BCUT2D eigenvalue weighted by atomic mass is 9.93. The molecule has 7 heteroatoms. The van der Waals surface area contributed by atoms with E-state index in [0.717, 1.165) is 31.4 Å². The zero-order valence-corrected chi connectivity index (χ0v) is 13.2. The molecule has 2 rings (SSSR count). The number of hydrogen-bond donors (Lipinski definition) is 2. The van der Waals surface area contributed by atoms with Crippen molar-refractivity contribution in [3.05, 3.63) is 29.8 Å². The van der Waals surface area contributed by atoms with Crippen molar-refractivity contribution >= 4 is 18.3 Å². The Labute approximate surface area is 135 Å². The highest BCUT2D eigenvalue weighted by molar-refractivity contribution is 5.86. The van der Waals surface area contributed by atoms with Crippen molar-refractivity contribution < 1.29 is 18.3 Å². The van der Waals surface area contributed by atoms with E-state index in [1.165, 1.54) is 12.1 Å². The topological polar surface area (TPSA) is 50.4 Å². The van der Waals surface area contributed by atoms with Crippen LogP contribution in [0, 0.1) is 0 Å². The summed E-state index contributed by atoms with van der Waals surface area (Å²) < 4.78 is 28.4. The lowest BCUT2D eigenvalue weighted by Gasteiger charge is -2.26. The van der Waals surface area contributed by atoms with E-state index in [1.54, 1.807) is 12.1 Å². The van der Waals surface area contributed by atoms with Crippen molar-refractivity contribution in [3.63, 3.8) is 0 Å². The van der Waals surface area contributed by atoms with Crippen molar-refractivity contribution in [2.24, 2.45) is 0 Å². The lowest BCUT2D eigenvalue weighted by molar-refractivity contribution is -0.127. The molecular formula is C15H21ClF2N2O2. The van der Waals surface area contributed by atoms with E-state index in [-0.39, 0.29) is 24.1 Å². The number of amides is 1. The summed E-state index contributed by atoms with van der Waals surface area (Å²) in [6.07, 6.45) is 2.59. The zero-order chi connectivity index (χ0) is 15.3. The molecule has 1 heterocycles. The first-order valence-electron chi connectivity index (χ1n) is 7.13. The van der Waals surface area contributed by atoms with Gasteiger partial charge in [0.2, 0.25) is 5.91 Å². The molecule has 1 amide bonds. The van der Waals surface area contributed by atoms with Crippen LogP contribution in [0.15, 0.2) is 24.3 Å². The molecule has 1 fully saturated rings. The summed E-state index contributed by atoms with van der Waals surface area (Å²) in [5.41, 5.74) is 0.382. The quantitative estimate of drug-likeness (QED) is 0.841. The maximum atomic E-state index is 12.3. The van der Waals surface area contributed by atoms with Crippen molar-refractivity contribution in [2.45, 2.75) is 44.9 Å². The molecule has 0 radical (unpaired) electrons. The van der Waals surface area contributed by atoms with Gasteiger partial charge in [-0.25, -0.2) is 0 Å². The zero-order valence-electron chi connectivity index (χ0n) is 12.4. The van der Waals surface area contributed by atoms with E-state index in [1.807, 2.05) is 6.92 Å².